The first-order valence-electron chi connectivity index (χ1n) is 12.8. The summed E-state index contributed by atoms with van der Waals surface area (Å²) < 4.78 is 32.3. The molecule has 0 radical (unpaired) electrons. The molecular weight excluding hydrogens is 396 g/mol. The van der Waals surface area contributed by atoms with Crippen molar-refractivity contribution in [3.8, 4) is 0 Å². The van der Waals surface area contributed by atoms with E-state index in [2.05, 4.69) is 33.0 Å². The molecule has 1 aliphatic rings. The number of hydrogen-bond acceptors (Lipinski definition) is 4. The Bertz CT molecular complexity index is 439. The van der Waals surface area contributed by atoms with Crippen LogP contribution in [0.1, 0.15) is 111 Å². The van der Waals surface area contributed by atoms with Gasteiger partial charge in [0.05, 0.1) is 42.1 Å². The molecule has 1 saturated carbocycles. The SMILES string of the molecule is CCCC[N+](CCCC)(CCCC)CCCC.O=S(=O)([O-])CCNC1CCCCC1. The van der Waals surface area contributed by atoms with Crippen molar-refractivity contribution in [3.63, 3.8) is 0 Å². The summed E-state index contributed by atoms with van der Waals surface area (Å²) in [5.41, 5.74) is 0. The second-order valence-corrected chi connectivity index (χ2v) is 10.7. The molecule has 0 bridgehead atoms. The zero-order valence-electron chi connectivity index (χ0n) is 20.6. The van der Waals surface area contributed by atoms with E-state index in [-0.39, 0.29) is 5.75 Å². The maximum atomic E-state index is 10.3. The minimum Gasteiger partial charge on any atom is -0.748 e. The molecule has 0 spiro atoms. The van der Waals surface area contributed by atoms with Gasteiger partial charge in [-0.3, -0.25) is 0 Å². The Morgan fingerprint density at radius 3 is 1.50 bits per heavy atom. The molecule has 0 amide bonds. The molecule has 1 N–H and O–H groups in total. The van der Waals surface area contributed by atoms with Gasteiger partial charge in [-0.1, -0.05) is 72.6 Å². The summed E-state index contributed by atoms with van der Waals surface area (Å²) in [5.74, 6) is -0.288. The molecular formula is C24H52N2O3S. The molecule has 0 saturated heterocycles. The average molecular weight is 449 g/mol. The molecule has 0 atom stereocenters. The van der Waals surface area contributed by atoms with Gasteiger partial charge >= 0.3 is 0 Å². The summed E-state index contributed by atoms with van der Waals surface area (Å²) >= 11 is 0. The fourth-order valence-electron chi connectivity index (χ4n) is 4.34. The quantitative estimate of drug-likeness (QED) is 0.251. The predicted molar refractivity (Wildman–Crippen MR) is 129 cm³/mol. The molecule has 0 aromatic heterocycles. The molecule has 0 aliphatic heterocycles. The first-order chi connectivity index (χ1) is 14.3. The van der Waals surface area contributed by atoms with Crippen LogP contribution < -0.4 is 5.32 Å². The molecule has 30 heavy (non-hydrogen) atoms. The van der Waals surface area contributed by atoms with Crippen molar-refractivity contribution in [3.05, 3.63) is 0 Å². The monoisotopic (exact) mass is 448 g/mol. The number of nitrogens with zero attached hydrogens (tertiary/aromatic N) is 1. The molecule has 1 aliphatic carbocycles. The molecule has 0 aromatic carbocycles. The molecule has 1 rings (SSSR count). The van der Waals surface area contributed by atoms with Crippen LogP contribution in [0.3, 0.4) is 0 Å². The molecule has 6 heteroatoms. The molecule has 0 unspecified atom stereocenters. The summed E-state index contributed by atoms with van der Waals surface area (Å²) in [4.78, 5) is 0. The molecule has 0 heterocycles. The Morgan fingerprint density at radius 1 is 0.767 bits per heavy atom. The molecule has 182 valence electrons. The highest BCUT2D eigenvalue weighted by Crippen LogP contribution is 2.17. The van der Waals surface area contributed by atoms with Gasteiger partial charge in [-0.15, -0.1) is 0 Å². The number of nitrogens with one attached hydrogen (secondary N) is 1. The topological polar surface area (TPSA) is 69.2 Å². The van der Waals surface area contributed by atoms with Gasteiger partial charge in [0.2, 0.25) is 0 Å². The van der Waals surface area contributed by atoms with Crippen molar-refractivity contribution in [1.82, 2.24) is 5.32 Å². The second-order valence-electron chi connectivity index (χ2n) is 9.20. The summed E-state index contributed by atoms with van der Waals surface area (Å²) in [6.45, 7) is 15.3. The van der Waals surface area contributed by atoms with Crippen LogP contribution in [0.25, 0.3) is 0 Å². The Labute approximate surface area is 188 Å². The van der Waals surface area contributed by atoms with E-state index in [1.54, 1.807) is 0 Å². The lowest BCUT2D eigenvalue weighted by Crippen LogP contribution is -2.50. The third-order valence-corrected chi connectivity index (χ3v) is 7.04. The third kappa shape index (κ3) is 16.5. The Kier molecular flexibility index (Phi) is 18.3. The van der Waals surface area contributed by atoms with Crippen LogP contribution in [0.15, 0.2) is 0 Å². The van der Waals surface area contributed by atoms with Crippen molar-refractivity contribution in [2.24, 2.45) is 0 Å². The van der Waals surface area contributed by atoms with E-state index in [9.17, 15) is 13.0 Å². The van der Waals surface area contributed by atoms with E-state index < -0.39 is 10.1 Å². The lowest BCUT2D eigenvalue weighted by atomic mass is 9.96. The van der Waals surface area contributed by atoms with E-state index >= 15 is 0 Å². The van der Waals surface area contributed by atoms with E-state index in [0.29, 0.717) is 12.6 Å². The summed E-state index contributed by atoms with van der Waals surface area (Å²) in [5, 5.41) is 3.10. The van der Waals surface area contributed by atoms with E-state index in [1.807, 2.05) is 0 Å². The van der Waals surface area contributed by atoms with Crippen LogP contribution in [0, 0.1) is 0 Å². The third-order valence-electron chi connectivity index (χ3n) is 6.33. The van der Waals surface area contributed by atoms with Gasteiger partial charge in [-0.2, -0.15) is 0 Å². The summed E-state index contributed by atoms with van der Waals surface area (Å²) in [6, 6.07) is 0.426. The standard InChI is InChI=1S/C16H36N.C8H17NO3S/c1-5-9-13-17(14-10-6-2,15-11-7-3)16-12-8-4;10-13(11,12)7-6-9-8-4-2-1-3-5-8/h5-16H2,1-4H3;8-9H,1-7H2,(H,10,11,12)/q+1;/p-1. The highest BCUT2D eigenvalue weighted by molar-refractivity contribution is 7.85. The Hall–Kier alpha value is -0.170. The van der Waals surface area contributed by atoms with E-state index in [1.165, 1.54) is 101 Å². The summed E-state index contributed by atoms with van der Waals surface area (Å²) in [7, 11) is -4.04. The maximum Gasteiger partial charge on any atom is 0.0958 e. The van der Waals surface area contributed by atoms with Crippen molar-refractivity contribution in [2.45, 2.75) is 117 Å². The molecule has 5 nitrogen and oxygen atoms in total. The fraction of sp³-hybridized carbons (Fsp3) is 1.00. The lowest BCUT2D eigenvalue weighted by molar-refractivity contribution is -0.929. The Morgan fingerprint density at radius 2 is 1.17 bits per heavy atom. The summed E-state index contributed by atoms with van der Waals surface area (Å²) in [6.07, 6.45) is 17.0. The van der Waals surface area contributed by atoms with Crippen molar-refractivity contribution in [2.75, 3.05) is 38.5 Å². The minimum atomic E-state index is -4.04. The minimum absolute atomic E-state index is 0.288. The average Bonchev–Trinajstić information content (AvgIpc) is 2.73. The van der Waals surface area contributed by atoms with Crippen molar-refractivity contribution in [1.29, 1.82) is 0 Å². The Balaban J connectivity index is 0.000000579. The maximum absolute atomic E-state index is 10.3. The van der Waals surface area contributed by atoms with Crippen LogP contribution in [0.4, 0.5) is 0 Å². The van der Waals surface area contributed by atoms with Gasteiger partial charge in [0.15, 0.2) is 0 Å². The first-order valence-corrected chi connectivity index (χ1v) is 14.4. The van der Waals surface area contributed by atoms with Gasteiger partial charge in [0.25, 0.3) is 0 Å². The highest BCUT2D eigenvalue weighted by Gasteiger charge is 2.24. The van der Waals surface area contributed by atoms with Gasteiger partial charge in [-0.25, -0.2) is 8.42 Å². The molecule has 1 fully saturated rings. The van der Waals surface area contributed by atoms with Gasteiger partial charge in [0.1, 0.15) is 0 Å². The van der Waals surface area contributed by atoms with E-state index in [4.69, 9.17) is 0 Å². The van der Waals surface area contributed by atoms with Crippen molar-refractivity contribution >= 4 is 10.1 Å². The van der Waals surface area contributed by atoms with Crippen LogP contribution in [0.2, 0.25) is 0 Å². The van der Waals surface area contributed by atoms with Crippen LogP contribution in [0.5, 0.6) is 0 Å². The number of quaternary nitrogens is 1. The normalized spacial score (nSPS) is 15.6. The van der Waals surface area contributed by atoms with Crippen molar-refractivity contribution < 1.29 is 17.5 Å². The zero-order chi connectivity index (χ0) is 22.7. The first kappa shape index (κ1) is 29.8. The zero-order valence-corrected chi connectivity index (χ0v) is 21.4. The smallest absolute Gasteiger partial charge is 0.0958 e. The predicted octanol–water partition coefficient (Wildman–Crippen LogP) is 5.46. The number of hydrogen-bond donors (Lipinski definition) is 1. The van der Waals surface area contributed by atoms with E-state index in [0.717, 1.165) is 12.8 Å². The second kappa shape index (κ2) is 18.4. The fourth-order valence-corrected chi connectivity index (χ4v) is 4.71. The lowest BCUT2D eigenvalue weighted by Gasteiger charge is -2.39. The van der Waals surface area contributed by atoms with Gasteiger partial charge < -0.3 is 14.4 Å². The van der Waals surface area contributed by atoms with Crippen LogP contribution >= 0.6 is 0 Å². The largest absolute Gasteiger partial charge is 0.748 e. The number of rotatable bonds is 16. The number of unbranched alkanes of at least 4 members (excludes halogenated alkanes) is 4. The van der Waals surface area contributed by atoms with Gasteiger partial charge in [-0.05, 0) is 38.5 Å². The van der Waals surface area contributed by atoms with Crippen LogP contribution in [-0.4, -0.2) is 62.0 Å². The van der Waals surface area contributed by atoms with Gasteiger partial charge in [0, 0.05) is 12.6 Å². The highest BCUT2D eigenvalue weighted by atomic mass is 32.2. The van der Waals surface area contributed by atoms with Crippen LogP contribution in [-0.2, 0) is 10.1 Å². The molecule has 0 aromatic rings.